The van der Waals surface area contributed by atoms with Crippen molar-refractivity contribution in [2.24, 2.45) is 23.3 Å². The number of carbonyl (C=O) groups is 6. The van der Waals surface area contributed by atoms with Gasteiger partial charge in [0.25, 0.3) is 0 Å². The van der Waals surface area contributed by atoms with E-state index in [4.69, 9.17) is 16.6 Å². The molecule has 0 aliphatic rings. The zero-order valence-electron chi connectivity index (χ0n) is 19.3. The quantitative estimate of drug-likeness (QED) is 0.143. The van der Waals surface area contributed by atoms with Gasteiger partial charge in [-0.05, 0) is 24.7 Å². The molecule has 0 aliphatic carbocycles. The molecule has 0 spiro atoms. The monoisotopic (exact) mass is 473 g/mol. The van der Waals surface area contributed by atoms with Crippen molar-refractivity contribution in [2.75, 3.05) is 0 Å². The first kappa shape index (κ1) is 29.8. The second-order valence-corrected chi connectivity index (χ2v) is 8.53. The van der Waals surface area contributed by atoms with Crippen LogP contribution in [-0.4, -0.2) is 69.9 Å². The van der Waals surface area contributed by atoms with Gasteiger partial charge in [0, 0.05) is 6.42 Å². The molecular formula is C20H35N5O8. The van der Waals surface area contributed by atoms with Crippen LogP contribution in [-0.2, 0) is 28.8 Å². The zero-order chi connectivity index (χ0) is 25.9. The van der Waals surface area contributed by atoms with Gasteiger partial charge >= 0.3 is 11.9 Å². The highest BCUT2D eigenvalue weighted by Gasteiger charge is 2.32. The fourth-order valence-electron chi connectivity index (χ4n) is 2.84. The third-order valence-electron chi connectivity index (χ3n) is 4.61. The second kappa shape index (κ2) is 14.0. The lowest BCUT2D eigenvalue weighted by Crippen LogP contribution is -2.59. The first-order chi connectivity index (χ1) is 15.1. The Bertz CT molecular complexity index is 740. The van der Waals surface area contributed by atoms with Gasteiger partial charge in [0.2, 0.25) is 23.6 Å². The fraction of sp³-hybridized carbons (Fsp3) is 0.700. The number of rotatable bonds is 15. The van der Waals surface area contributed by atoms with Crippen molar-refractivity contribution in [3.63, 3.8) is 0 Å². The van der Waals surface area contributed by atoms with Crippen LogP contribution in [0.2, 0.25) is 0 Å². The van der Waals surface area contributed by atoms with E-state index in [1.807, 2.05) is 0 Å². The summed E-state index contributed by atoms with van der Waals surface area (Å²) in [6.45, 7) is 6.82. The smallest absolute Gasteiger partial charge is 0.326 e. The summed E-state index contributed by atoms with van der Waals surface area (Å²) in [4.78, 5) is 71.2. The number of carboxylic acids is 2. The maximum absolute atomic E-state index is 12.8. The molecule has 4 unspecified atom stereocenters. The van der Waals surface area contributed by atoms with Crippen LogP contribution in [0.1, 0.15) is 53.4 Å². The highest BCUT2D eigenvalue weighted by molar-refractivity contribution is 5.96. The average molecular weight is 474 g/mol. The molecule has 0 saturated heterocycles. The Labute approximate surface area is 192 Å². The van der Waals surface area contributed by atoms with Crippen molar-refractivity contribution in [1.82, 2.24) is 16.0 Å². The van der Waals surface area contributed by atoms with Gasteiger partial charge in [-0.2, -0.15) is 0 Å². The number of hydrogen-bond acceptors (Lipinski definition) is 7. The molecule has 13 heteroatoms. The molecule has 0 radical (unpaired) electrons. The molecule has 0 aliphatic heterocycles. The summed E-state index contributed by atoms with van der Waals surface area (Å²) in [6, 6.07) is -5.05. The summed E-state index contributed by atoms with van der Waals surface area (Å²) >= 11 is 0. The molecule has 0 aromatic heterocycles. The second-order valence-electron chi connectivity index (χ2n) is 8.53. The largest absolute Gasteiger partial charge is 0.481 e. The maximum Gasteiger partial charge on any atom is 0.326 e. The van der Waals surface area contributed by atoms with E-state index < -0.39 is 72.1 Å². The highest BCUT2D eigenvalue weighted by Crippen LogP contribution is 2.09. The normalized spacial score (nSPS) is 14.6. The molecule has 13 nitrogen and oxygen atoms in total. The minimum absolute atomic E-state index is 0.0148. The van der Waals surface area contributed by atoms with E-state index in [0.717, 1.165) is 0 Å². The first-order valence-corrected chi connectivity index (χ1v) is 10.5. The Morgan fingerprint density at radius 2 is 1.36 bits per heavy atom. The molecule has 9 N–H and O–H groups in total. The summed E-state index contributed by atoms with van der Waals surface area (Å²) in [5.41, 5.74) is 10.8. The maximum atomic E-state index is 12.8. The Morgan fingerprint density at radius 1 is 0.818 bits per heavy atom. The lowest BCUT2D eigenvalue weighted by molar-refractivity contribution is -0.143. The predicted molar refractivity (Wildman–Crippen MR) is 116 cm³/mol. The van der Waals surface area contributed by atoms with Crippen LogP contribution in [0, 0.1) is 11.8 Å². The topological polar surface area (TPSA) is 231 Å². The van der Waals surface area contributed by atoms with Crippen LogP contribution in [0.5, 0.6) is 0 Å². The van der Waals surface area contributed by atoms with E-state index in [9.17, 15) is 33.9 Å². The molecule has 0 fully saturated rings. The van der Waals surface area contributed by atoms with Crippen LogP contribution in [0.15, 0.2) is 0 Å². The Balaban J connectivity index is 5.42. The van der Waals surface area contributed by atoms with Crippen molar-refractivity contribution < 1.29 is 39.0 Å². The molecule has 33 heavy (non-hydrogen) atoms. The number of carboxylic acid groups (broad SMARTS) is 2. The molecule has 0 aromatic rings. The molecule has 188 valence electrons. The first-order valence-electron chi connectivity index (χ1n) is 10.5. The molecule has 4 amide bonds. The summed E-state index contributed by atoms with van der Waals surface area (Å²) < 4.78 is 0. The van der Waals surface area contributed by atoms with Crippen molar-refractivity contribution in [1.29, 1.82) is 0 Å². The number of amides is 4. The van der Waals surface area contributed by atoms with Gasteiger partial charge in [0.1, 0.15) is 18.1 Å². The molecule has 0 rings (SSSR count). The molecule has 0 aromatic carbocycles. The van der Waals surface area contributed by atoms with E-state index in [1.165, 1.54) is 0 Å². The summed E-state index contributed by atoms with van der Waals surface area (Å²) in [5, 5.41) is 25.1. The van der Waals surface area contributed by atoms with Crippen LogP contribution in [0.25, 0.3) is 0 Å². The molecule has 0 heterocycles. The standard InChI is InChI=1S/C20H35N5O8/c1-9(2)7-13(20(32)33)24-19(31)16(10(3)4)25-18(30)12(8-14(22)26)23-17(29)11(21)5-6-15(27)28/h9-13,16H,5-8,21H2,1-4H3,(H2,22,26)(H,23,29)(H,24,31)(H,25,30)(H,27,28)(H,32,33). The van der Waals surface area contributed by atoms with Crippen LogP contribution in [0.3, 0.4) is 0 Å². The highest BCUT2D eigenvalue weighted by atomic mass is 16.4. The molecular weight excluding hydrogens is 438 g/mol. The number of primary amides is 1. The predicted octanol–water partition coefficient (Wildman–Crippen LogP) is -1.70. The van der Waals surface area contributed by atoms with E-state index in [1.54, 1.807) is 27.7 Å². The summed E-state index contributed by atoms with van der Waals surface area (Å²) in [6.07, 6.45) is -0.997. The Kier molecular flexibility index (Phi) is 12.7. The van der Waals surface area contributed by atoms with Crippen LogP contribution < -0.4 is 27.4 Å². The zero-order valence-corrected chi connectivity index (χ0v) is 19.3. The van der Waals surface area contributed by atoms with Crippen molar-refractivity contribution in [2.45, 2.75) is 77.5 Å². The van der Waals surface area contributed by atoms with E-state index in [-0.39, 0.29) is 25.2 Å². The van der Waals surface area contributed by atoms with E-state index in [2.05, 4.69) is 16.0 Å². The minimum atomic E-state index is -1.47. The number of aliphatic carboxylic acids is 2. The fourth-order valence-corrected chi connectivity index (χ4v) is 2.84. The van der Waals surface area contributed by atoms with Gasteiger partial charge in [0.05, 0.1) is 12.5 Å². The number of hydrogen-bond donors (Lipinski definition) is 7. The van der Waals surface area contributed by atoms with Crippen molar-refractivity contribution >= 4 is 35.6 Å². The van der Waals surface area contributed by atoms with Crippen LogP contribution in [0.4, 0.5) is 0 Å². The summed E-state index contributed by atoms with van der Waals surface area (Å²) in [7, 11) is 0. The molecule has 0 saturated carbocycles. The Hall–Kier alpha value is -3.22. The number of nitrogens with two attached hydrogens (primary N) is 2. The van der Waals surface area contributed by atoms with Gasteiger partial charge < -0.3 is 37.6 Å². The van der Waals surface area contributed by atoms with Gasteiger partial charge in [-0.3, -0.25) is 24.0 Å². The minimum Gasteiger partial charge on any atom is -0.481 e. The van der Waals surface area contributed by atoms with Gasteiger partial charge in [-0.25, -0.2) is 4.79 Å². The lowest BCUT2D eigenvalue weighted by atomic mass is 9.99. The van der Waals surface area contributed by atoms with E-state index in [0.29, 0.717) is 0 Å². The van der Waals surface area contributed by atoms with Crippen LogP contribution >= 0.6 is 0 Å². The molecule has 0 bridgehead atoms. The van der Waals surface area contributed by atoms with Gasteiger partial charge in [-0.1, -0.05) is 27.7 Å². The SMILES string of the molecule is CC(C)CC(NC(=O)C(NC(=O)C(CC(N)=O)NC(=O)C(N)CCC(=O)O)C(C)C)C(=O)O. The van der Waals surface area contributed by atoms with E-state index >= 15 is 0 Å². The average Bonchev–Trinajstić information content (AvgIpc) is 2.67. The van der Waals surface area contributed by atoms with Crippen molar-refractivity contribution in [3.8, 4) is 0 Å². The third-order valence-corrected chi connectivity index (χ3v) is 4.61. The Morgan fingerprint density at radius 3 is 1.79 bits per heavy atom. The summed E-state index contributed by atoms with van der Waals surface area (Å²) in [5.74, 6) is -6.29. The van der Waals surface area contributed by atoms with Gasteiger partial charge in [0.15, 0.2) is 0 Å². The van der Waals surface area contributed by atoms with Crippen molar-refractivity contribution in [3.05, 3.63) is 0 Å². The lowest BCUT2D eigenvalue weighted by Gasteiger charge is -2.27. The van der Waals surface area contributed by atoms with Gasteiger partial charge in [-0.15, -0.1) is 0 Å². The number of nitrogens with one attached hydrogen (secondary N) is 3. The number of carbonyl (C=O) groups excluding carboxylic acids is 4. The third kappa shape index (κ3) is 11.8. The molecule has 4 atom stereocenters.